The number of carbonyl (C=O) groups excluding carboxylic acids is 2. The molecule has 2 rings (SSSR count). The second-order valence-electron chi connectivity index (χ2n) is 8.30. The van der Waals surface area contributed by atoms with Crippen LogP contribution in [0.15, 0.2) is 49.2 Å². The number of allylic oxidation sites excluding steroid dienone is 2. The van der Waals surface area contributed by atoms with Gasteiger partial charge in [0.05, 0.1) is 19.2 Å². The van der Waals surface area contributed by atoms with E-state index in [9.17, 15) is 9.59 Å². The number of rotatable bonds is 8. The maximum absolute atomic E-state index is 12.6. The highest BCUT2D eigenvalue weighted by Crippen LogP contribution is 2.28. The summed E-state index contributed by atoms with van der Waals surface area (Å²) in [5.74, 6) is 0.893. The molecule has 0 aliphatic rings. The minimum atomic E-state index is -0.431. The third-order valence-electron chi connectivity index (χ3n) is 4.61. The lowest BCUT2D eigenvalue weighted by Gasteiger charge is -2.17. The van der Waals surface area contributed by atoms with Crippen molar-refractivity contribution in [3.05, 3.63) is 54.8 Å². The molecule has 0 fully saturated rings. The molecule has 0 aliphatic carbocycles. The molecule has 0 atom stereocenters. The van der Waals surface area contributed by atoms with Crippen LogP contribution < -0.4 is 4.74 Å². The zero-order chi connectivity index (χ0) is 24.2. The number of Topliss-reactive ketones (excluding diaryl/α,β-unsaturated/α-hetero) is 2. The Bertz CT molecular complexity index is 882. The smallest absolute Gasteiger partial charge is 0.165 e. The summed E-state index contributed by atoms with van der Waals surface area (Å²) in [4.78, 5) is 25.1. The first-order valence-electron chi connectivity index (χ1n) is 11.0. The Kier molecular flexibility index (Phi) is 12.5. The Morgan fingerprint density at radius 2 is 1.74 bits per heavy atom. The Morgan fingerprint density at radius 3 is 2.19 bits per heavy atom. The molecule has 0 saturated carbocycles. The molecule has 0 aliphatic heterocycles. The maximum Gasteiger partial charge on any atom is 0.165 e. The van der Waals surface area contributed by atoms with Gasteiger partial charge in [-0.2, -0.15) is 0 Å². The standard InChI is InChI=1S/C21H27NO3.C4H8.C2H6/c1-14(2)7-10-19(23)17-12-22(13-20(24)21(3,4)5)18-11-15(25-6)8-9-16(17)18;1-3-4-2;1-2/h8-9,11-12H,1,7,10,13H2,2-6H3;3H,1,4H2,2H3;1-2H3. The van der Waals surface area contributed by atoms with Gasteiger partial charge in [-0.3, -0.25) is 9.59 Å². The molecule has 0 unspecified atom stereocenters. The minimum Gasteiger partial charge on any atom is -0.497 e. The van der Waals surface area contributed by atoms with E-state index in [1.807, 2.05) is 70.4 Å². The quantitative estimate of drug-likeness (QED) is 0.325. The van der Waals surface area contributed by atoms with Crippen LogP contribution in [0, 0.1) is 5.41 Å². The van der Waals surface area contributed by atoms with Crippen molar-refractivity contribution in [2.45, 2.75) is 74.3 Å². The number of fused-ring (bicyclic) bond motifs is 1. The van der Waals surface area contributed by atoms with Gasteiger partial charge in [0.25, 0.3) is 0 Å². The number of hydrogen-bond acceptors (Lipinski definition) is 3. The van der Waals surface area contributed by atoms with Crippen molar-refractivity contribution in [3.63, 3.8) is 0 Å². The van der Waals surface area contributed by atoms with Crippen LogP contribution in [0.1, 0.15) is 78.1 Å². The topological polar surface area (TPSA) is 48.3 Å². The van der Waals surface area contributed by atoms with E-state index in [4.69, 9.17) is 4.74 Å². The predicted octanol–water partition coefficient (Wildman–Crippen LogP) is 7.41. The summed E-state index contributed by atoms with van der Waals surface area (Å²) in [5.41, 5.74) is 2.05. The van der Waals surface area contributed by atoms with Gasteiger partial charge >= 0.3 is 0 Å². The van der Waals surface area contributed by atoms with E-state index in [0.717, 1.165) is 22.9 Å². The normalized spacial score (nSPS) is 10.3. The molecule has 172 valence electrons. The summed E-state index contributed by atoms with van der Waals surface area (Å²) in [5, 5.41) is 0.856. The van der Waals surface area contributed by atoms with Crippen molar-refractivity contribution in [1.29, 1.82) is 0 Å². The molecule has 0 spiro atoms. The van der Waals surface area contributed by atoms with Crippen molar-refractivity contribution in [2.75, 3.05) is 7.11 Å². The van der Waals surface area contributed by atoms with Crippen LogP contribution >= 0.6 is 0 Å². The fourth-order valence-electron chi connectivity index (χ4n) is 2.61. The van der Waals surface area contributed by atoms with E-state index in [2.05, 4.69) is 20.1 Å². The monoisotopic (exact) mass is 427 g/mol. The predicted molar refractivity (Wildman–Crippen MR) is 133 cm³/mol. The van der Waals surface area contributed by atoms with E-state index < -0.39 is 5.41 Å². The number of carbonyl (C=O) groups is 2. The van der Waals surface area contributed by atoms with Gasteiger partial charge in [0.15, 0.2) is 11.6 Å². The zero-order valence-corrected chi connectivity index (χ0v) is 20.8. The number of hydrogen-bond donors (Lipinski definition) is 0. The first kappa shape index (κ1) is 28.4. The van der Waals surface area contributed by atoms with Gasteiger partial charge in [-0.05, 0) is 31.9 Å². The zero-order valence-electron chi connectivity index (χ0n) is 20.8. The third-order valence-corrected chi connectivity index (χ3v) is 4.61. The number of nitrogens with zero attached hydrogens (tertiary/aromatic N) is 1. The van der Waals surface area contributed by atoms with E-state index in [-0.39, 0.29) is 18.1 Å². The molecule has 4 heteroatoms. The third kappa shape index (κ3) is 8.95. The highest BCUT2D eigenvalue weighted by molar-refractivity contribution is 6.08. The number of ether oxygens (including phenoxy) is 1. The molecule has 1 aromatic carbocycles. The number of aromatic nitrogens is 1. The lowest BCUT2D eigenvalue weighted by molar-refractivity contribution is -0.126. The molecule has 0 amide bonds. The van der Waals surface area contributed by atoms with E-state index >= 15 is 0 Å². The fourth-order valence-corrected chi connectivity index (χ4v) is 2.61. The van der Waals surface area contributed by atoms with Gasteiger partial charge in [0, 0.05) is 35.0 Å². The number of ketones is 2. The molecule has 1 heterocycles. The van der Waals surface area contributed by atoms with Gasteiger partial charge in [-0.15, -0.1) is 13.2 Å². The van der Waals surface area contributed by atoms with Crippen LogP contribution in [0.25, 0.3) is 10.9 Å². The summed E-state index contributed by atoms with van der Waals surface area (Å²) in [6.07, 6.45) is 5.85. The Morgan fingerprint density at radius 1 is 1.16 bits per heavy atom. The van der Waals surface area contributed by atoms with Crippen LogP contribution in [0.4, 0.5) is 0 Å². The van der Waals surface area contributed by atoms with E-state index in [0.29, 0.717) is 24.2 Å². The summed E-state index contributed by atoms with van der Waals surface area (Å²) in [7, 11) is 1.60. The van der Waals surface area contributed by atoms with Crippen LogP contribution in [0.3, 0.4) is 0 Å². The van der Waals surface area contributed by atoms with Crippen molar-refractivity contribution in [1.82, 2.24) is 4.57 Å². The molecule has 31 heavy (non-hydrogen) atoms. The van der Waals surface area contributed by atoms with Crippen LogP contribution in [-0.4, -0.2) is 23.2 Å². The van der Waals surface area contributed by atoms with Gasteiger partial charge in [-0.1, -0.05) is 53.2 Å². The minimum absolute atomic E-state index is 0.0696. The van der Waals surface area contributed by atoms with Crippen LogP contribution in [-0.2, 0) is 11.3 Å². The lowest BCUT2D eigenvalue weighted by atomic mass is 9.91. The highest BCUT2D eigenvalue weighted by atomic mass is 16.5. The Hall–Kier alpha value is -2.62. The SMILES string of the molecule is C=C(C)CCC(=O)c1cn(CC(=O)C(C)(C)C)c2cc(OC)ccc12.C=CCC.CC. The van der Waals surface area contributed by atoms with Gasteiger partial charge in [0.1, 0.15) is 5.75 Å². The second-order valence-corrected chi connectivity index (χ2v) is 8.30. The van der Waals surface area contributed by atoms with Crippen LogP contribution in [0.2, 0.25) is 0 Å². The lowest BCUT2D eigenvalue weighted by Crippen LogP contribution is -2.24. The molecular weight excluding hydrogens is 386 g/mol. The van der Waals surface area contributed by atoms with Gasteiger partial charge in [0.2, 0.25) is 0 Å². The van der Waals surface area contributed by atoms with E-state index in [1.54, 1.807) is 13.3 Å². The van der Waals surface area contributed by atoms with Gasteiger partial charge < -0.3 is 9.30 Å². The molecule has 4 nitrogen and oxygen atoms in total. The number of benzene rings is 1. The Balaban J connectivity index is 0.00000134. The fraction of sp³-hybridized carbons (Fsp3) is 0.481. The van der Waals surface area contributed by atoms with Crippen molar-refractivity contribution in [3.8, 4) is 5.75 Å². The molecule has 2 aromatic rings. The average molecular weight is 428 g/mol. The molecule has 0 bridgehead atoms. The molecule has 0 radical (unpaired) electrons. The molecular formula is C27H41NO3. The van der Waals surface area contributed by atoms with Crippen molar-refractivity contribution >= 4 is 22.5 Å². The largest absolute Gasteiger partial charge is 0.497 e. The second kappa shape index (κ2) is 13.6. The molecule has 0 N–H and O–H groups in total. The average Bonchev–Trinajstić information content (AvgIpc) is 3.10. The summed E-state index contributed by atoms with van der Waals surface area (Å²) in [6.45, 7) is 21.3. The van der Waals surface area contributed by atoms with Crippen LogP contribution in [0.5, 0.6) is 5.75 Å². The first-order chi connectivity index (χ1) is 14.5. The van der Waals surface area contributed by atoms with Crippen molar-refractivity contribution < 1.29 is 14.3 Å². The molecule has 0 saturated heterocycles. The summed E-state index contributed by atoms with van der Waals surface area (Å²) in [6, 6.07) is 5.61. The first-order valence-corrected chi connectivity index (χ1v) is 11.0. The van der Waals surface area contributed by atoms with Gasteiger partial charge in [-0.25, -0.2) is 0 Å². The summed E-state index contributed by atoms with van der Waals surface area (Å²) >= 11 is 0. The summed E-state index contributed by atoms with van der Waals surface area (Å²) < 4.78 is 7.16. The Labute approximate surface area is 189 Å². The highest BCUT2D eigenvalue weighted by Gasteiger charge is 2.23. The maximum atomic E-state index is 12.6. The van der Waals surface area contributed by atoms with E-state index in [1.165, 1.54) is 0 Å². The van der Waals surface area contributed by atoms with Crippen molar-refractivity contribution in [2.24, 2.45) is 5.41 Å². The number of methoxy groups -OCH3 is 1. The molecule has 1 aromatic heterocycles.